The van der Waals surface area contributed by atoms with E-state index < -0.39 is 0 Å². The average Bonchev–Trinajstić information content (AvgIpc) is 2.50. The van der Waals surface area contributed by atoms with E-state index in [2.05, 4.69) is 10.3 Å². The van der Waals surface area contributed by atoms with Crippen molar-refractivity contribution in [3.8, 4) is 5.75 Å². The molecule has 1 aromatic carbocycles. The summed E-state index contributed by atoms with van der Waals surface area (Å²) in [4.78, 5) is 23.7. The number of phenolic OH excluding ortho intramolecular Hbond substituents is 1. The maximum absolute atomic E-state index is 11.5. The van der Waals surface area contributed by atoms with Gasteiger partial charge in [-0.1, -0.05) is 12.1 Å². The lowest BCUT2D eigenvalue weighted by atomic mass is 10.2. The summed E-state index contributed by atoms with van der Waals surface area (Å²) in [7, 11) is 0. The molecule has 0 aliphatic carbocycles. The molecule has 0 spiro atoms. The summed E-state index contributed by atoms with van der Waals surface area (Å²) in [6.45, 7) is 0.903. The summed E-state index contributed by atoms with van der Waals surface area (Å²) in [5.41, 5.74) is 11.2. The summed E-state index contributed by atoms with van der Waals surface area (Å²) in [6.07, 6.45) is 4.78. The van der Waals surface area contributed by atoms with Crippen LogP contribution >= 0.6 is 0 Å². The van der Waals surface area contributed by atoms with Crippen LogP contribution in [0.2, 0.25) is 0 Å². The fourth-order valence-electron chi connectivity index (χ4n) is 1.47. The molecule has 7 N–H and O–H groups in total. The molecule has 0 saturated heterocycles. The van der Waals surface area contributed by atoms with E-state index in [1.807, 2.05) is 0 Å². The van der Waals surface area contributed by atoms with Crippen LogP contribution in [0.1, 0.15) is 18.4 Å². The zero-order valence-electron chi connectivity index (χ0n) is 12.7. The van der Waals surface area contributed by atoms with Gasteiger partial charge in [-0.25, -0.2) is 0 Å². The summed E-state index contributed by atoms with van der Waals surface area (Å²) >= 11 is 0. The van der Waals surface area contributed by atoms with E-state index in [4.69, 9.17) is 26.5 Å². The van der Waals surface area contributed by atoms with Crippen LogP contribution in [0.25, 0.3) is 6.08 Å². The molecule has 0 unspecified atom stereocenters. The van der Waals surface area contributed by atoms with Gasteiger partial charge in [0.15, 0.2) is 5.96 Å². The minimum absolute atomic E-state index is 0.0888. The number of nitrogens with two attached hydrogens (primary N) is 2. The molecule has 1 aromatic rings. The number of amides is 1. The van der Waals surface area contributed by atoms with E-state index >= 15 is 0 Å². The van der Waals surface area contributed by atoms with E-state index in [0.717, 1.165) is 18.4 Å². The van der Waals surface area contributed by atoms with Crippen LogP contribution in [0.4, 0.5) is 0 Å². The van der Waals surface area contributed by atoms with E-state index in [0.29, 0.717) is 13.1 Å². The molecule has 0 heterocycles. The lowest BCUT2D eigenvalue weighted by Crippen LogP contribution is -2.24. The number of benzene rings is 1. The van der Waals surface area contributed by atoms with Crippen molar-refractivity contribution < 1.29 is 19.8 Å². The first-order valence-electron chi connectivity index (χ1n) is 6.87. The molecule has 8 heteroatoms. The molecular weight excluding hydrogens is 300 g/mol. The second kappa shape index (κ2) is 12.7. The van der Waals surface area contributed by atoms with E-state index in [9.17, 15) is 4.79 Å². The summed E-state index contributed by atoms with van der Waals surface area (Å²) in [5, 5.41) is 18.8. The van der Waals surface area contributed by atoms with Crippen molar-refractivity contribution in [1.29, 1.82) is 0 Å². The summed E-state index contributed by atoms with van der Waals surface area (Å²) < 4.78 is 0. The third kappa shape index (κ3) is 12.4. The number of hydrogen-bond acceptors (Lipinski definition) is 4. The van der Waals surface area contributed by atoms with Gasteiger partial charge < -0.3 is 27.0 Å². The molecule has 1 amide bonds. The predicted octanol–water partition coefficient (Wildman–Crippen LogP) is 0.276. The lowest BCUT2D eigenvalue weighted by molar-refractivity contribution is -0.123. The number of rotatable bonds is 7. The van der Waals surface area contributed by atoms with Crippen LogP contribution in [0.3, 0.4) is 0 Å². The minimum Gasteiger partial charge on any atom is -0.508 e. The van der Waals surface area contributed by atoms with Gasteiger partial charge in [-0.15, -0.1) is 0 Å². The second-order valence-electron chi connectivity index (χ2n) is 4.33. The number of unbranched alkanes of at least 4 members (excludes halogenated alkanes) is 1. The van der Waals surface area contributed by atoms with Crippen molar-refractivity contribution >= 4 is 24.4 Å². The van der Waals surface area contributed by atoms with Crippen molar-refractivity contribution in [2.75, 3.05) is 13.1 Å². The van der Waals surface area contributed by atoms with Gasteiger partial charge in [0.25, 0.3) is 6.47 Å². The van der Waals surface area contributed by atoms with E-state index in [1.54, 1.807) is 30.3 Å². The van der Waals surface area contributed by atoms with Gasteiger partial charge in [0.1, 0.15) is 5.75 Å². The van der Waals surface area contributed by atoms with Gasteiger partial charge in [0.2, 0.25) is 5.91 Å². The lowest BCUT2D eigenvalue weighted by Gasteiger charge is -2.01. The maximum Gasteiger partial charge on any atom is 0.290 e. The van der Waals surface area contributed by atoms with Crippen LogP contribution in [-0.4, -0.2) is 41.6 Å². The third-order valence-electron chi connectivity index (χ3n) is 2.50. The summed E-state index contributed by atoms with van der Waals surface area (Å²) in [5.74, 6) is 0.137. The van der Waals surface area contributed by atoms with E-state index in [1.165, 1.54) is 6.08 Å². The highest BCUT2D eigenvalue weighted by Gasteiger charge is 1.95. The zero-order valence-corrected chi connectivity index (χ0v) is 12.7. The van der Waals surface area contributed by atoms with Crippen LogP contribution in [0.15, 0.2) is 35.3 Å². The topological polar surface area (TPSA) is 151 Å². The van der Waals surface area contributed by atoms with Gasteiger partial charge in [0.05, 0.1) is 0 Å². The fraction of sp³-hybridized carbons (Fsp3) is 0.267. The number of guanidine groups is 1. The molecule has 126 valence electrons. The van der Waals surface area contributed by atoms with Gasteiger partial charge in [-0.2, -0.15) is 0 Å². The van der Waals surface area contributed by atoms with Crippen molar-refractivity contribution in [3.63, 3.8) is 0 Å². The van der Waals surface area contributed by atoms with Gasteiger partial charge in [-0.05, 0) is 36.6 Å². The number of nitrogens with one attached hydrogen (secondary N) is 1. The van der Waals surface area contributed by atoms with Crippen LogP contribution in [0, 0.1) is 0 Å². The molecule has 8 nitrogen and oxygen atoms in total. The van der Waals surface area contributed by atoms with Crippen molar-refractivity contribution in [1.82, 2.24) is 5.32 Å². The Morgan fingerprint density at radius 3 is 2.39 bits per heavy atom. The molecule has 0 atom stereocenters. The number of hydrogen-bond donors (Lipinski definition) is 5. The molecule has 0 fully saturated rings. The highest BCUT2D eigenvalue weighted by Crippen LogP contribution is 2.10. The first-order valence-corrected chi connectivity index (χ1v) is 6.87. The number of phenols is 1. The zero-order chi connectivity index (χ0) is 17.5. The average molecular weight is 322 g/mol. The first kappa shape index (κ1) is 20.0. The third-order valence-corrected chi connectivity index (χ3v) is 2.50. The monoisotopic (exact) mass is 322 g/mol. The molecule has 0 aromatic heterocycles. The molecule has 0 saturated carbocycles. The highest BCUT2D eigenvalue weighted by molar-refractivity contribution is 5.91. The normalized spacial score (nSPS) is 9.57. The van der Waals surface area contributed by atoms with Crippen LogP contribution in [-0.2, 0) is 9.59 Å². The fourth-order valence-corrected chi connectivity index (χ4v) is 1.47. The Balaban J connectivity index is 0.00000149. The predicted molar refractivity (Wildman–Crippen MR) is 88.8 cm³/mol. The Hall–Kier alpha value is -3.03. The van der Waals surface area contributed by atoms with Crippen molar-refractivity contribution in [2.24, 2.45) is 16.5 Å². The Bertz CT molecular complexity index is 523. The highest BCUT2D eigenvalue weighted by atomic mass is 16.3. The number of aromatic hydroxyl groups is 1. The number of nitrogens with zero attached hydrogens (tertiary/aromatic N) is 1. The van der Waals surface area contributed by atoms with Crippen LogP contribution < -0.4 is 16.8 Å². The number of carbonyl (C=O) groups excluding carboxylic acids is 1. The molecular formula is C15H22N4O4. The molecule has 0 bridgehead atoms. The second-order valence-corrected chi connectivity index (χ2v) is 4.33. The Morgan fingerprint density at radius 1 is 1.22 bits per heavy atom. The largest absolute Gasteiger partial charge is 0.508 e. The van der Waals surface area contributed by atoms with Crippen molar-refractivity contribution in [3.05, 3.63) is 35.9 Å². The van der Waals surface area contributed by atoms with Crippen molar-refractivity contribution in [2.45, 2.75) is 12.8 Å². The van der Waals surface area contributed by atoms with E-state index in [-0.39, 0.29) is 24.1 Å². The summed E-state index contributed by atoms with van der Waals surface area (Å²) in [6, 6.07) is 6.60. The molecule has 23 heavy (non-hydrogen) atoms. The quantitative estimate of drug-likeness (QED) is 0.160. The number of aliphatic imine (C=N–C) groups is 1. The number of carboxylic acid groups (broad SMARTS) is 1. The SMILES string of the molecule is NC(N)=NCCCCNC(=O)/C=C/c1ccc(O)cc1.O=CO. The van der Waals surface area contributed by atoms with Crippen LogP contribution in [0.5, 0.6) is 5.75 Å². The Morgan fingerprint density at radius 2 is 1.83 bits per heavy atom. The van der Waals surface area contributed by atoms with Gasteiger partial charge >= 0.3 is 0 Å². The Labute approximate surface area is 134 Å². The molecule has 0 aliphatic rings. The Kier molecular flexibility index (Phi) is 11.0. The molecule has 0 radical (unpaired) electrons. The first-order chi connectivity index (χ1) is 11.0. The smallest absolute Gasteiger partial charge is 0.290 e. The van der Waals surface area contributed by atoms with Gasteiger partial charge in [0, 0.05) is 19.2 Å². The molecule has 1 rings (SSSR count). The molecule has 0 aliphatic heterocycles. The minimum atomic E-state index is -0.250. The maximum atomic E-state index is 11.5. The number of carbonyl (C=O) groups is 2. The van der Waals surface area contributed by atoms with Gasteiger partial charge in [-0.3, -0.25) is 14.6 Å². The standard InChI is InChI=1S/C14H20N4O2.CH2O2/c15-14(16)18-10-2-1-9-17-13(20)8-5-11-3-6-12(19)7-4-11;2-1-3/h3-8,19H,1-2,9-10H2,(H,17,20)(H4,15,16,18);1H,(H,2,3)/b8-5+;.